The maximum absolute atomic E-state index is 10.4. The summed E-state index contributed by atoms with van der Waals surface area (Å²) >= 11 is 0. The van der Waals surface area contributed by atoms with Crippen LogP contribution in [0, 0.1) is 0 Å². The fourth-order valence-electron chi connectivity index (χ4n) is 6.26. The van der Waals surface area contributed by atoms with Gasteiger partial charge in [0.05, 0.1) is 80.9 Å². The fraction of sp³-hybridized carbons (Fsp3) is 1.00. The van der Waals surface area contributed by atoms with Gasteiger partial charge in [-0.2, -0.15) is 0 Å². The largest absolute Gasteiger partial charge is 0.385 e. The molecule has 0 rings (SSSR count). The van der Waals surface area contributed by atoms with Gasteiger partial charge in [0.25, 0.3) is 0 Å². The van der Waals surface area contributed by atoms with Gasteiger partial charge in [-0.05, 0) is 25.7 Å². The molecule has 0 heterocycles. The van der Waals surface area contributed by atoms with Gasteiger partial charge in [-0.3, -0.25) is 0 Å². The van der Waals surface area contributed by atoms with E-state index in [0.29, 0.717) is 52.7 Å². The summed E-state index contributed by atoms with van der Waals surface area (Å²) in [4.78, 5) is 0. The monoisotopic (exact) mass is 647 g/mol. The van der Waals surface area contributed by atoms with E-state index in [1.807, 2.05) is 0 Å². The van der Waals surface area contributed by atoms with Crippen LogP contribution >= 0.6 is 0 Å². The minimum absolute atomic E-state index is 0.346. The quantitative estimate of drug-likeness (QED) is 0.0538. The van der Waals surface area contributed by atoms with Crippen molar-refractivity contribution in [2.75, 3.05) is 94.0 Å². The zero-order valence-corrected chi connectivity index (χ0v) is 31.4. The highest BCUT2D eigenvalue weighted by molar-refractivity contribution is 4.55. The highest BCUT2D eigenvalue weighted by Gasteiger charge is 2.21. The Hall–Kier alpha value is -0.280. The number of rotatable bonds is 36. The Kier molecular flexibility index (Phi) is 30.8. The van der Waals surface area contributed by atoms with Gasteiger partial charge in [-0.25, -0.2) is 0 Å². The highest BCUT2D eigenvalue weighted by atomic mass is 16.5. The van der Waals surface area contributed by atoms with Crippen molar-refractivity contribution in [3.05, 3.63) is 0 Å². The molecule has 0 aromatic rings. The van der Waals surface area contributed by atoms with Crippen LogP contribution in [0.5, 0.6) is 0 Å². The van der Waals surface area contributed by atoms with Crippen molar-refractivity contribution in [3.8, 4) is 0 Å². The van der Waals surface area contributed by atoms with Crippen LogP contribution in [0.4, 0.5) is 0 Å². The zero-order valence-electron chi connectivity index (χ0n) is 31.4. The summed E-state index contributed by atoms with van der Waals surface area (Å²) in [6.07, 6.45) is 26.1. The average Bonchev–Trinajstić information content (AvgIpc) is 2.97. The van der Waals surface area contributed by atoms with Gasteiger partial charge in [0.2, 0.25) is 0 Å². The van der Waals surface area contributed by atoms with Crippen LogP contribution in [0.3, 0.4) is 0 Å². The van der Waals surface area contributed by atoms with Crippen LogP contribution in [0.15, 0.2) is 0 Å². The second-order valence-corrected chi connectivity index (χ2v) is 15.1. The summed E-state index contributed by atoms with van der Waals surface area (Å²) in [6, 6.07) is 0. The lowest BCUT2D eigenvalue weighted by molar-refractivity contribution is -0.893. The lowest BCUT2D eigenvalue weighted by Crippen LogP contribution is -2.47. The normalized spacial score (nSPS) is 13.9. The number of aliphatic hydroxyl groups is 2. The molecule has 0 aliphatic heterocycles. The molecule has 0 saturated heterocycles. The van der Waals surface area contributed by atoms with Crippen molar-refractivity contribution in [1.29, 1.82) is 0 Å². The molecule has 0 aromatic carbocycles. The van der Waals surface area contributed by atoms with Gasteiger partial charge in [0, 0.05) is 0 Å². The first-order valence-electron chi connectivity index (χ1n) is 19.3. The predicted octanol–water partition coefficient (Wildman–Crippen LogP) is 7.75. The van der Waals surface area contributed by atoms with Crippen molar-refractivity contribution >= 4 is 0 Å². The molecule has 2 unspecified atom stereocenters. The Balaban J connectivity index is 3.63. The Labute approximate surface area is 281 Å². The third-order valence-corrected chi connectivity index (χ3v) is 9.01. The number of hydrogen-bond donors (Lipinski definition) is 2. The van der Waals surface area contributed by atoms with E-state index in [-0.39, 0.29) is 0 Å². The molecular formula is C38H82N2O5+2. The van der Waals surface area contributed by atoms with E-state index in [1.165, 1.54) is 128 Å². The highest BCUT2D eigenvalue weighted by Crippen LogP contribution is 2.13. The van der Waals surface area contributed by atoms with E-state index in [9.17, 15) is 10.2 Å². The number of nitrogens with zero attached hydrogens (tertiary/aromatic N) is 2. The first kappa shape index (κ1) is 44.7. The van der Waals surface area contributed by atoms with Gasteiger partial charge >= 0.3 is 0 Å². The SMILES string of the molecule is CCCCCCCCCCCC[N+](C)(C)CC(O)COCCOCCOCC(O)C[N+](C)(C)CCCCCCCCCCCC. The molecule has 272 valence electrons. The maximum atomic E-state index is 10.4. The van der Waals surface area contributed by atoms with Gasteiger partial charge in [-0.15, -0.1) is 0 Å². The van der Waals surface area contributed by atoms with Crippen molar-refractivity contribution in [1.82, 2.24) is 0 Å². The number of aliphatic hydroxyl groups excluding tert-OH is 2. The van der Waals surface area contributed by atoms with Crippen LogP contribution in [-0.4, -0.2) is 125 Å². The van der Waals surface area contributed by atoms with Crippen LogP contribution in [0.2, 0.25) is 0 Å². The molecule has 0 saturated carbocycles. The van der Waals surface area contributed by atoms with E-state index in [1.54, 1.807) is 0 Å². The molecule has 0 amide bonds. The second kappa shape index (κ2) is 31.0. The molecule has 0 spiro atoms. The molecule has 0 fully saturated rings. The van der Waals surface area contributed by atoms with Gasteiger partial charge < -0.3 is 33.4 Å². The Bertz CT molecular complexity index is 555. The Morgan fingerprint density at radius 2 is 0.667 bits per heavy atom. The first-order valence-corrected chi connectivity index (χ1v) is 19.3. The maximum Gasteiger partial charge on any atom is 0.126 e. The molecule has 0 radical (unpaired) electrons. The van der Waals surface area contributed by atoms with Crippen molar-refractivity contribution in [2.24, 2.45) is 0 Å². The van der Waals surface area contributed by atoms with Crippen LogP contribution in [-0.2, 0) is 14.2 Å². The van der Waals surface area contributed by atoms with E-state index < -0.39 is 12.2 Å². The second-order valence-electron chi connectivity index (χ2n) is 15.1. The molecule has 45 heavy (non-hydrogen) atoms. The number of quaternary nitrogens is 2. The topological polar surface area (TPSA) is 68.2 Å². The molecule has 2 atom stereocenters. The fourth-order valence-corrected chi connectivity index (χ4v) is 6.26. The van der Waals surface area contributed by atoms with Crippen molar-refractivity contribution < 1.29 is 33.4 Å². The molecular weight excluding hydrogens is 564 g/mol. The van der Waals surface area contributed by atoms with Crippen LogP contribution in [0.1, 0.15) is 142 Å². The number of likely N-dealkylation sites (N-methyl/N-ethyl adjacent to an activating group) is 2. The molecule has 0 bridgehead atoms. The third-order valence-electron chi connectivity index (χ3n) is 9.01. The lowest BCUT2D eigenvalue weighted by atomic mass is 10.1. The first-order chi connectivity index (χ1) is 21.6. The summed E-state index contributed by atoms with van der Waals surface area (Å²) in [6.45, 7) is 10.8. The predicted molar refractivity (Wildman–Crippen MR) is 192 cm³/mol. The van der Waals surface area contributed by atoms with Crippen LogP contribution in [0.25, 0.3) is 0 Å². The number of hydrogen-bond acceptors (Lipinski definition) is 5. The smallest absolute Gasteiger partial charge is 0.126 e. The molecule has 0 aromatic heterocycles. The number of ether oxygens (including phenoxy) is 3. The van der Waals surface area contributed by atoms with Crippen LogP contribution < -0.4 is 0 Å². The zero-order chi connectivity index (χ0) is 33.5. The lowest BCUT2D eigenvalue weighted by Gasteiger charge is -2.32. The summed E-state index contributed by atoms with van der Waals surface area (Å²) in [5.41, 5.74) is 0. The van der Waals surface area contributed by atoms with Gasteiger partial charge in [-0.1, -0.05) is 117 Å². The third kappa shape index (κ3) is 33.4. The number of unbranched alkanes of at least 4 members (excludes halogenated alkanes) is 18. The van der Waals surface area contributed by atoms with E-state index >= 15 is 0 Å². The van der Waals surface area contributed by atoms with Crippen molar-refractivity contribution in [2.45, 2.75) is 154 Å². The molecule has 0 aliphatic carbocycles. The molecule has 0 aliphatic rings. The standard InChI is InChI=1S/C38H82N2O5/c1-7-9-11-13-15-17-19-21-23-25-27-39(3,4)33-37(41)35-44-31-29-43-30-32-45-36-38(42)34-40(5,6)28-26-24-22-20-18-16-14-12-10-8-2/h37-38,41-42H,7-36H2,1-6H3/q+2. The average molecular weight is 647 g/mol. The minimum Gasteiger partial charge on any atom is -0.385 e. The van der Waals surface area contributed by atoms with Gasteiger partial charge in [0.15, 0.2) is 0 Å². The molecule has 7 nitrogen and oxygen atoms in total. The summed E-state index contributed by atoms with van der Waals surface area (Å²) in [5.74, 6) is 0. The van der Waals surface area contributed by atoms with Gasteiger partial charge in [0.1, 0.15) is 25.3 Å². The molecule has 2 N–H and O–H groups in total. The minimum atomic E-state index is -0.458. The summed E-state index contributed by atoms with van der Waals surface area (Å²) < 4.78 is 18.6. The van der Waals surface area contributed by atoms with E-state index in [0.717, 1.165) is 22.1 Å². The molecule has 7 heteroatoms. The summed E-state index contributed by atoms with van der Waals surface area (Å²) in [5, 5.41) is 20.9. The van der Waals surface area contributed by atoms with E-state index in [2.05, 4.69) is 42.0 Å². The Morgan fingerprint density at radius 3 is 0.978 bits per heavy atom. The van der Waals surface area contributed by atoms with Crippen molar-refractivity contribution in [3.63, 3.8) is 0 Å². The Morgan fingerprint density at radius 1 is 0.400 bits per heavy atom. The summed E-state index contributed by atoms with van der Waals surface area (Å²) in [7, 11) is 8.82. The van der Waals surface area contributed by atoms with E-state index in [4.69, 9.17) is 14.2 Å².